The number of fused-ring (bicyclic) bond motifs is 1. The van der Waals surface area contributed by atoms with Gasteiger partial charge in [-0.1, -0.05) is 18.2 Å². The van der Waals surface area contributed by atoms with E-state index in [1.165, 1.54) is 24.1 Å². The number of rotatable bonds is 0. The standard InChI is InChI=1S/C9H11N.Pb/c1-2-6-9-8(4-1)5-3-7-10-9;/h1-2,4,6,10H,3,5,7H2;. The van der Waals surface area contributed by atoms with Gasteiger partial charge in [0.1, 0.15) is 0 Å². The second-order valence-electron chi connectivity index (χ2n) is 2.69. The summed E-state index contributed by atoms with van der Waals surface area (Å²) in [5, 5.41) is 3.36. The van der Waals surface area contributed by atoms with Crippen molar-refractivity contribution in [3.05, 3.63) is 29.8 Å². The van der Waals surface area contributed by atoms with E-state index in [1.54, 1.807) is 0 Å². The van der Waals surface area contributed by atoms with Crippen molar-refractivity contribution in [1.29, 1.82) is 0 Å². The molecule has 0 bridgehead atoms. The van der Waals surface area contributed by atoms with Gasteiger partial charge >= 0.3 is 0 Å². The van der Waals surface area contributed by atoms with Gasteiger partial charge in [-0.25, -0.2) is 0 Å². The molecule has 1 N–H and O–H groups in total. The van der Waals surface area contributed by atoms with Crippen LogP contribution in [0.3, 0.4) is 0 Å². The summed E-state index contributed by atoms with van der Waals surface area (Å²) >= 11 is 0. The number of hydrogen-bond acceptors (Lipinski definition) is 1. The molecule has 0 saturated carbocycles. The summed E-state index contributed by atoms with van der Waals surface area (Å²) in [6, 6.07) is 8.53. The SMILES string of the molecule is [Pb].c1ccc2c(c1)CCCN2. The van der Waals surface area contributed by atoms with Crippen molar-refractivity contribution in [3.63, 3.8) is 0 Å². The fraction of sp³-hybridized carbons (Fsp3) is 0.333. The van der Waals surface area contributed by atoms with Gasteiger partial charge in [0.15, 0.2) is 0 Å². The summed E-state index contributed by atoms with van der Waals surface area (Å²) in [5.74, 6) is 0. The second kappa shape index (κ2) is 4.09. The average Bonchev–Trinajstić information content (AvgIpc) is 2.05. The Balaban J connectivity index is 0.000000605. The van der Waals surface area contributed by atoms with Crippen LogP contribution in [0.2, 0.25) is 0 Å². The molecule has 1 nitrogen and oxygen atoms in total. The molecule has 0 unspecified atom stereocenters. The van der Waals surface area contributed by atoms with Crippen LogP contribution in [0, 0.1) is 0 Å². The van der Waals surface area contributed by atoms with Crippen LogP contribution in [0.5, 0.6) is 0 Å². The van der Waals surface area contributed by atoms with E-state index in [1.807, 2.05) is 0 Å². The Hall–Kier alpha value is -0.0579. The summed E-state index contributed by atoms with van der Waals surface area (Å²) in [4.78, 5) is 0. The largest absolute Gasteiger partial charge is 0.385 e. The molecule has 1 aliphatic heterocycles. The second-order valence-corrected chi connectivity index (χ2v) is 2.69. The first kappa shape index (κ1) is 9.03. The van der Waals surface area contributed by atoms with E-state index in [4.69, 9.17) is 0 Å². The maximum Gasteiger partial charge on any atom is 0.0372 e. The number of hydrogen-bond donors (Lipinski definition) is 1. The van der Waals surface area contributed by atoms with Gasteiger partial charge in [-0.05, 0) is 24.5 Å². The van der Waals surface area contributed by atoms with Gasteiger partial charge in [-0.3, -0.25) is 0 Å². The Labute approximate surface area is 87.4 Å². The van der Waals surface area contributed by atoms with Gasteiger partial charge in [0, 0.05) is 39.5 Å². The van der Waals surface area contributed by atoms with Gasteiger partial charge in [-0.15, -0.1) is 0 Å². The van der Waals surface area contributed by atoms with Crippen LogP contribution in [0.1, 0.15) is 12.0 Å². The van der Waals surface area contributed by atoms with Crippen molar-refractivity contribution in [2.45, 2.75) is 12.8 Å². The van der Waals surface area contributed by atoms with Crippen molar-refractivity contribution in [2.24, 2.45) is 0 Å². The van der Waals surface area contributed by atoms with Crippen molar-refractivity contribution < 1.29 is 0 Å². The number of para-hydroxylation sites is 1. The summed E-state index contributed by atoms with van der Waals surface area (Å²) in [5.41, 5.74) is 2.79. The van der Waals surface area contributed by atoms with Crippen LogP contribution in [-0.4, -0.2) is 33.8 Å². The zero-order valence-corrected chi connectivity index (χ0v) is 10.3. The molecular weight excluding hydrogens is 329 g/mol. The fourth-order valence-electron chi connectivity index (χ4n) is 1.41. The predicted octanol–water partition coefficient (Wildman–Crippen LogP) is 1.66. The van der Waals surface area contributed by atoms with Crippen molar-refractivity contribution in [2.75, 3.05) is 11.9 Å². The third kappa shape index (κ3) is 1.95. The van der Waals surface area contributed by atoms with Gasteiger partial charge in [-0.2, -0.15) is 0 Å². The van der Waals surface area contributed by atoms with Crippen LogP contribution < -0.4 is 5.32 Å². The zero-order valence-electron chi connectivity index (χ0n) is 6.43. The minimum atomic E-state index is 0. The van der Waals surface area contributed by atoms with E-state index in [0.29, 0.717) is 0 Å². The Morgan fingerprint density at radius 2 is 2.00 bits per heavy atom. The summed E-state index contributed by atoms with van der Waals surface area (Å²) in [7, 11) is 0. The Bertz CT molecular complexity index is 210. The molecule has 11 heavy (non-hydrogen) atoms. The van der Waals surface area contributed by atoms with Gasteiger partial charge in [0.2, 0.25) is 0 Å². The first-order valence-electron chi connectivity index (χ1n) is 3.78. The van der Waals surface area contributed by atoms with E-state index in [9.17, 15) is 0 Å². The molecule has 2 rings (SSSR count). The van der Waals surface area contributed by atoms with Crippen molar-refractivity contribution >= 4 is 33.0 Å². The first-order chi connectivity index (χ1) is 4.97. The molecule has 0 spiro atoms. The zero-order chi connectivity index (χ0) is 6.81. The van der Waals surface area contributed by atoms with Crippen LogP contribution in [-0.2, 0) is 6.42 Å². The van der Waals surface area contributed by atoms with E-state index in [0.717, 1.165) is 6.54 Å². The Morgan fingerprint density at radius 3 is 2.82 bits per heavy atom. The molecule has 1 aliphatic rings. The minimum absolute atomic E-state index is 0. The van der Waals surface area contributed by atoms with Crippen LogP contribution in [0.15, 0.2) is 24.3 Å². The van der Waals surface area contributed by atoms with E-state index >= 15 is 0 Å². The van der Waals surface area contributed by atoms with Crippen molar-refractivity contribution in [1.82, 2.24) is 0 Å². The molecule has 1 heterocycles. The Kier molecular flexibility index (Phi) is 3.36. The first-order valence-corrected chi connectivity index (χ1v) is 3.78. The number of aryl methyl sites for hydroxylation is 1. The molecule has 0 atom stereocenters. The van der Waals surface area contributed by atoms with E-state index < -0.39 is 0 Å². The summed E-state index contributed by atoms with van der Waals surface area (Å²) in [6.45, 7) is 1.14. The van der Waals surface area contributed by atoms with Crippen LogP contribution in [0.25, 0.3) is 0 Å². The maximum absolute atomic E-state index is 3.36. The molecule has 0 saturated heterocycles. The molecule has 0 aliphatic carbocycles. The summed E-state index contributed by atoms with van der Waals surface area (Å²) in [6.07, 6.45) is 2.51. The number of nitrogens with one attached hydrogen (secondary N) is 1. The molecule has 1 aromatic carbocycles. The number of benzene rings is 1. The molecular formula is C9H11NPb. The van der Waals surface area contributed by atoms with Gasteiger partial charge < -0.3 is 5.32 Å². The fourth-order valence-corrected chi connectivity index (χ4v) is 1.41. The predicted molar refractivity (Wildman–Crippen MR) is 49.0 cm³/mol. The number of anilines is 1. The third-order valence-electron chi connectivity index (χ3n) is 1.96. The van der Waals surface area contributed by atoms with E-state index in [2.05, 4.69) is 29.6 Å². The molecule has 0 amide bonds. The Morgan fingerprint density at radius 1 is 1.18 bits per heavy atom. The third-order valence-corrected chi connectivity index (χ3v) is 1.96. The molecule has 56 valence electrons. The van der Waals surface area contributed by atoms with Crippen molar-refractivity contribution in [3.8, 4) is 0 Å². The van der Waals surface area contributed by atoms with E-state index in [-0.39, 0.29) is 27.3 Å². The molecule has 0 aromatic heterocycles. The quantitative estimate of drug-likeness (QED) is 0.709. The molecule has 2 heteroatoms. The molecule has 4 radical (unpaired) electrons. The maximum atomic E-state index is 3.36. The monoisotopic (exact) mass is 341 g/mol. The van der Waals surface area contributed by atoms with Crippen LogP contribution >= 0.6 is 0 Å². The molecule has 1 aromatic rings. The minimum Gasteiger partial charge on any atom is -0.385 e. The topological polar surface area (TPSA) is 12.0 Å². The molecule has 0 fully saturated rings. The smallest absolute Gasteiger partial charge is 0.0372 e. The van der Waals surface area contributed by atoms with Gasteiger partial charge in [0.05, 0.1) is 0 Å². The average molecular weight is 340 g/mol. The summed E-state index contributed by atoms with van der Waals surface area (Å²) < 4.78 is 0. The van der Waals surface area contributed by atoms with Crippen LogP contribution in [0.4, 0.5) is 5.69 Å². The normalized spacial score (nSPS) is 14.2. The van der Waals surface area contributed by atoms with Gasteiger partial charge in [0.25, 0.3) is 0 Å².